The van der Waals surface area contributed by atoms with Gasteiger partial charge in [0.05, 0.1) is 6.10 Å². The van der Waals surface area contributed by atoms with E-state index in [4.69, 9.17) is 0 Å². The summed E-state index contributed by atoms with van der Waals surface area (Å²) in [4.78, 5) is 12.5. The van der Waals surface area contributed by atoms with E-state index in [2.05, 4.69) is 10.6 Å². The number of hydrogen-bond donors (Lipinski definition) is 3. The van der Waals surface area contributed by atoms with Crippen molar-refractivity contribution in [1.29, 1.82) is 0 Å². The molecule has 3 N–H and O–H groups in total. The second-order valence-electron chi connectivity index (χ2n) is 8.05. The maximum Gasteiger partial charge on any atom is 0.228 e. The second-order valence-corrected chi connectivity index (χ2v) is 8.05. The maximum absolute atomic E-state index is 12.5. The third-order valence-electron chi connectivity index (χ3n) is 6.12. The van der Waals surface area contributed by atoms with E-state index in [9.17, 15) is 9.90 Å². The fourth-order valence-corrected chi connectivity index (χ4v) is 4.31. The molecule has 3 unspecified atom stereocenters. The predicted molar refractivity (Wildman–Crippen MR) is 107 cm³/mol. The van der Waals surface area contributed by atoms with Gasteiger partial charge in [-0.05, 0) is 67.3 Å². The standard InChI is InChI=1S/C23H28N2O2/c26-21(18-5-2-1-3-6-18)12-9-17-7-10-19(11-8-17)25-22(27)20-15-23(20)13-4-14-24-16-23/h1-3,5-8,10-11,20-21,24,26H,4,9,12-16H2,(H,25,27). The van der Waals surface area contributed by atoms with Crippen LogP contribution in [0.15, 0.2) is 54.6 Å². The third-order valence-corrected chi connectivity index (χ3v) is 6.12. The molecule has 1 heterocycles. The largest absolute Gasteiger partial charge is 0.388 e. The van der Waals surface area contributed by atoms with Gasteiger partial charge in [0.1, 0.15) is 0 Å². The molecule has 4 heteroatoms. The van der Waals surface area contributed by atoms with Crippen LogP contribution < -0.4 is 10.6 Å². The van der Waals surface area contributed by atoms with Crippen molar-refractivity contribution in [3.8, 4) is 0 Å². The molecule has 27 heavy (non-hydrogen) atoms. The van der Waals surface area contributed by atoms with Crippen LogP contribution in [0, 0.1) is 11.3 Å². The van der Waals surface area contributed by atoms with E-state index in [0.717, 1.165) is 37.2 Å². The highest BCUT2D eigenvalue weighted by Crippen LogP contribution is 2.56. The predicted octanol–water partition coefficient (Wildman–Crippen LogP) is 3.68. The van der Waals surface area contributed by atoms with E-state index < -0.39 is 6.10 Å². The molecule has 2 aromatic carbocycles. The number of nitrogens with one attached hydrogen (secondary N) is 2. The van der Waals surface area contributed by atoms with E-state index in [-0.39, 0.29) is 17.2 Å². The van der Waals surface area contributed by atoms with Crippen LogP contribution in [0.25, 0.3) is 0 Å². The molecule has 142 valence electrons. The van der Waals surface area contributed by atoms with Gasteiger partial charge < -0.3 is 15.7 Å². The molecule has 0 radical (unpaired) electrons. The number of carbonyl (C=O) groups excluding carboxylic acids is 1. The highest BCUT2D eigenvalue weighted by molar-refractivity contribution is 5.95. The maximum atomic E-state index is 12.5. The third kappa shape index (κ3) is 4.23. The number of rotatable bonds is 6. The normalized spacial score (nSPS) is 25.1. The number of piperidine rings is 1. The summed E-state index contributed by atoms with van der Waals surface area (Å²) < 4.78 is 0. The summed E-state index contributed by atoms with van der Waals surface area (Å²) in [6.45, 7) is 2.06. The van der Waals surface area contributed by atoms with Gasteiger partial charge in [-0.1, -0.05) is 42.5 Å². The Morgan fingerprint density at radius 1 is 1.19 bits per heavy atom. The highest BCUT2D eigenvalue weighted by atomic mass is 16.3. The molecule has 0 aromatic heterocycles. The molecular formula is C23H28N2O2. The van der Waals surface area contributed by atoms with Crippen molar-refractivity contribution < 1.29 is 9.90 Å². The minimum atomic E-state index is -0.444. The van der Waals surface area contributed by atoms with Crippen molar-refractivity contribution in [2.45, 2.75) is 38.2 Å². The Morgan fingerprint density at radius 3 is 2.67 bits per heavy atom. The quantitative estimate of drug-likeness (QED) is 0.733. The average molecular weight is 364 g/mol. The smallest absolute Gasteiger partial charge is 0.228 e. The molecule has 1 aliphatic carbocycles. The van der Waals surface area contributed by atoms with Crippen molar-refractivity contribution in [2.24, 2.45) is 11.3 Å². The highest BCUT2D eigenvalue weighted by Gasteiger charge is 2.57. The molecule has 2 fully saturated rings. The zero-order valence-corrected chi connectivity index (χ0v) is 15.7. The van der Waals surface area contributed by atoms with Gasteiger partial charge in [-0.3, -0.25) is 4.79 Å². The van der Waals surface area contributed by atoms with E-state index in [1.54, 1.807) is 0 Å². The number of amides is 1. The van der Waals surface area contributed by atoms with Gasteiger partial charge in [0.25, 0.3) is 0 Å². The summed E-state index contributed by atoms with van der Waals surface area (Å²) in [7, 11) is 0. The number of aryl methyl sites for hydroxylation is 1. The lowest BCUT2D eigenvalue weighted by molar-refractivity contribution is -0.118. The van der Waals surface area contributed by atoms with Crippen molar-refractivity contribution >= 4 is 11.6 Å². The number of aliphatic hydroxyl groups excluding tert-OH is 1. The van der Waals surface area contributed by atoms with Crippen molar-refractivity contribution in [3.63, 3.8) is 0 Å². The number of benzene rings is 2. The van der Waals surface area contributed by atoms with Crippen LogP contribution in [-0.4, -0.2) is 24.1 Å². The van der Waals surface area contributed by atoms with Gasteiger partial charge in [0, 0.05) is 18.2 Å². The molecule has 4 rings (SSSR count). The molecule has 1 spiro atoms. The Morgan fingerprint density at radius 2 is 1.96 bits per heavy atom. The Balaban J connectivity index is 1.27. The lowest BCUT2D eigenvalue weighted by Crippen LogP contribution is -2.34. The zero-order valence-electron chi connectivity index (χ0n) is 15.7. The molecule has 1 saturated carbocycles. The van der Waals surface area contributed by atoms with Gasteiger partial charge in [-0.25, -0.2) is 0 Å². The van der Waals surface area contributed by atoms with Crippen LogP contribution in [0.2, 0.25) is 0 Å². The number of carbonyl (C=O) groups is 1. The van der Waals surface area contributed by atoms with Crippen molar-refractivity contribution in [2.75, 3.05) is 18.4 Å². The average Bonchev–Trinajstić information content (AvgIpc) is 3.41. The molecule has 0 bridgehead atoms. The lowest BCUT2D eigenvalue weighted by atomic mass is 9.93. The minimum absolute atomic E-state index is 0.158. The Labute approximate surface area is 161 Å². The minimum Gasteiger partial charge on any atom is -0.388 e. The number of aliphatic hydroxyl groups is 1. The molecule has 1 aliphatic heterocycles. The number of anilines is 1. The second kappa shape index (κ2) is 7.83. The van der Waals surface area contributed by atoms with Crippen LogP contribution in [0.1, 0.15) is 42.9 Å². The SMILES string of the molecule is O=C(Nc1ccc(CCC(O)c2ccccc2)cc1)C1CC12CCCNC2. The van der Waals surface area contributed by atoms with Crippen LogP contribution >= 0.6 is 0 Å². The first-order chi connectivity index (χ1) is 13.2. The van der Waals surface area contributed by atoms with E-state index in [1.807, 2.05) is 54.6 Å². The first-order valence-corrected chi connectivity index (χ1v) is 10.00. The van der Waals surface area contributed by atoms with Gasteiger partial charge in [-0.2, -0.15) is 0 Å². The summed E-state index contributed by atoms with van der Waals surface area (Å²) in [6.07, 6.45) is 4.41. The van der Waals surface area contributed by atoms with Gasteiger partial charge in [-0.15, -0.1) is 0 Å². The molecule has 1 saturated heterocycles. The van der Waals surface area contributed by atoms with Gasteiger partial charge in [0.2, 0.25) is 5.91 Å². The molecule has 2 aromatic rings. The monoisotopic (exact) mass is 364 g/mol. The fourth-order valence-electron chi connectivity index (χ4n) is 4.31. The first kappa shape index (κ1) is 18.2. The summed E-state index contributed by atoms with van der Waals surface area (Å²) in [5.74, 6) is 0.317. The van der Waals surface area contributed by atoms with E-state index in [1.165, 1.54) is 18.4 Å². The molecule has 1 amide bonds. The topological polar surface area (TPSA) is 61.4 Å². The molecule has 4 nitrogen and oxygen atoms in total. The Kier molecular flexibility index (Phi) is 5.28. The Hall–Kier alpha value is -2.17. The fraction of sp³-hybridized carbons (Fsp3) is 0.435. The van der Waals surface area contributed by atoms with Crippen LogP contribution in [-0.2, 0) is 11.2 Å². The summed E-state index contributed by atoms with van der Waals surface area (Å²) in [5.41, 5.74) is 3.20. The first-order valence-electron chi connectivity index (χ1n) is 10.00. The number of hydrogen-bond acceptors (Lipinski definition) is 3. The summed E-state index contributed by atoms with van der Waals surface area (Å²) >= 11 is 0. The van der Waals surface area contributed by atoms with Gasteiger partial charge in [0.15, 0.2) is 0 Å². The van der Waals surface area contributed by atoms with Crippen molar-refractivity contribution in [3.05, 3.63) is 65.7 Å². The lowest BCUT2D eigenvalue weighted by Gasteiger charge is -2.23. The summed E-state index contributed by atoms with van der Waals surface area (Å²) in [5, 5.41) is 16.8. The van der Waals surface area contributed by atoms with Crippen LogP contribution in [0.4, 0.5) is 5.69 Å². The molecule has 2 aliphatic rings. The molecular weight excluding hydrogens is 336 g/mol. The zero-order chi connectivity index (χ0) is 18.7. The van der Waals surface area contributed by atoms with E-state index >= 15 is 0 Å². The Bertz CT molecular complexity index is 767. The van der Waals surface area contributed by atoms with E-state index in [0.29, 0.717) is 6.42 Å². The van der Waals surface area contributed by atoms with Crippen LogP contribution in [0.3, 0.4) is 0 Å². The van der Waals surface area contributed by atoms with Gasteiger partial charge >= 0.3 is 0 Å². The summed E-state index contributed by atoms with van der Waals surface area (Å²) in [6, 6.07) is 17.8. The molecule has 3 atom stereocenters. The van der Waals surface area contributed by atoms with Crippen molar-refractivity contribution in [1.82, 2.24) is 5.32 Å². The van der Waals surface area contributed by atoms with Crippen LogP contribution in [0.5, 0.6) is 0 Å².